The molecule has 0 aliphatic carbocycles. The Labute approximate surface area is 325 Å². The Bertz CT molecular complexity index is 1940. The highest BCUT2D eigenvalue weighted by molar-refractivity contribution is 8.76. The van der Waals surface area contributed by atoms with Crippen molar-refractivity contribution in [3.05, 3.63) is 192 Å². The molecule has 53 heavy (non-hydrogen) atoms. The summed E-state index contributed by atoms with van der Waals surface area (Å²) < 4.78 is 2.18. The van der Waals surface area contributed by atoms with Crippen LogP contribution in [0.1, 0.15) is 41.7 Å². The minimum absolute atomic E-state index is 0.894. The van der Waals surface area contributed by atoms with Gasteiger partial charge in [-0.1, -0.05) is 125 Å². The maximum absolute atomic E-state index is 2.51. The number of benzene rings is 4. The molecule has 2 heterocycles. The Morgan fingerprint density at radius 1 is 0.566 bits per heavy atom. The predicted molar refractivity (Wildman–Crippen MR) is 232 cm³/mol. The van der Waals surface area contributed by atoms with Crippen LogP contribution < -0.4 is 19.3 Å². The highest BCUT2D eigenvalue weighted by atomic mass is 33.1. The topological polar surface area (TPSA) is 14.8 Å². The molecule has 5 aromatic rings. The molecular weight excluding hydrogens is 685 g/mol. The Morgan fingerprint density at radius 2 is 1.04 bits per heavy atom. The van der Waals surface area contributed by atoms with Crippen molar-refractivity contribution in [2.75, 3.05) is 40.9 Å². The minimum atomic E-state index is 0.894. The fraction of sp³-hybridized carbons (Fsp3) is 0.213. The quantitative estimate of drug-likeness (QED) is 0.0516. The van der Waals surface area contributed by atoms with Gasteiger partial charge in [-0.25, -0.2) is 4.57 Å². The van der Waals surface area contributed by atoms with Crippen molar-refractivity contribution >= 4 is 51.2 Å². The molecule has 4 nitrogen and oxygen atoms in total. The molecule has 1 aliphatic rings. The highest BCUT2D eigenvalue weighted by Gasteiger charge is 2.11. The summed E-state index contributed by atoms with van der Waals surface area (Å²) in [5.74, 6) is 2.10. The van der Waals surface area contributed by atoms with E-state index in [1.807, 2.05) is 21.6 Å². The fourth-order valence-corrected chi connectivity index (χ4v) is 8.20. The van der Waals surface area contributed by atoms with Gasteiger partial charge in [0, 0.05) is 72.8 Å². The van der Waals surface area contributed by atoms with Crippen LogP contribution in [0.5, 0.6) is 0 Å². The van der Waals surface area contributed by atoms with E-state index < -0.39 is 0 Å². The first-order valence-corrected chi connectivity index (χ1v) is 21.3. The second-order valence-corrected chi connectivity index (χ2v) is 15.9. The molecule has 1 N–H and O–H groups in total. The lowest BCUT2D eigenvalue weighted by Gasteiger charge is -2.26. The van der Waals surface area contributed by atoms with Crippen molar-refractivity contribution in [3.8, 4) is 0 Å². The Hall–Kier alpha value is -4.75. The average Bonchev–Trinajstić information content (AvgIpc) is 3.69. The van der Waals surface area contributed by atoms with Gasteiger partial charge < -0.3 is 9.80 Å². The Kier molecular flexibility index (Phi) is 14.7. The molecule has 6 rings (SSSR count). The molecule has 0 radical (unpaired) electrons. The first-order chi connectivity index (χ1) is 26.1. The van der Waals surface area contributed by atoms with Crippen LogP contribution in [0, 0.1) is 0 Å². The van der Waals surface area contributed by atoms with E-state index in [1.54, 1.807) is 0 Å². The molecule has 6 heteroatoms. The van der Waals surface area contributed by atoms with Gasteiger partial charge in [0.05, 0.1) is 12.7 Å². The monoisotopic (exact) mass is 736 g/mol. The van der Waals surface area contributed by atoms with Gasteiger partial charge in [-0.15, -0.1) is 0 Å². The molecule has 0 spiro atoms. The normalized spacial score (nSPS) is 13.9. The molecule has 1 unspecified atom stereocenters. The number of allylic oxidation sites excluding steroid dienone is 3. The minimum Gasteiger partial charge on any atom is -0.366 e. The van der Waals surface area contributed by atoms with E-state index in [2.05, 4.69) is 205 Å². The van der Waals surface area contributed by atoms with Crippen molar-refractivity contribution in [1.29, 1.82) is 0 Å². The summed E-state index contributed by atoms with van der Waals surface area (Å²) in [6.07, 6.45) is 19.8. The smallest absolute Gasteiger partial charge is 0.169 e. The Morgan fingerprint density at radius 3 is 1.49 bits per heavy atom. The van der Waals surface area contributed by atoms with Crippen LogP contribution in [0.15, 0.2) is 164 Å². The molecule has 0 amide bonds. The van der Waals surface area contributed by atoms with Crippen LogP contribution in [0.4, 0.5) is 11.4 Å². The standard InChI is InChI=1S/C47H51N4S2/c1-3-48-30-27-42(28-31-48)16-15-40-19-23-46(24-20-40)50(38-43-11-7-5-8-12-43)33-35-52-53-36-34-51(39-44-13-9-6-10-14-44)47-25-21-41(22-26-47)17-18-45-29-32-49(4-2)37-45/h5-32,37H,3-4,33-36,38-39H2,1-2H3/q+1/p+1/b18-17+. The van der Waals surface area contributed by atoms with E-state index in [-0.39, 0.29) is 0 Å². The molecular formula is C47H52N4S2+2. The lowest BCUT2D eigenvalue weighted by Crippen LogP contribution is -3.01. The maximum atomic E-state index is 2.51. The highest BCUT2D eigenvalue weighted by Crippen LogP contribution is 2.26. The zero-order valence-electron chi connectivity index (χ0n) is 31.1. The van der Waals surface area contributed by atoms with Gasteiger partial charge in [-0.2, -0.15) is 0 Å². The molecule has 1 atom stereocenters. The molecule has 270 valence electrons. The number of anilines is 2. The summed E-state index contributed by atoms with van der Waals surface area (Å²) in [5.41, 5.74) is 10.1. The summed E-state index contributed by atoms with van der Waals surface area (Å²) in [6.45, 7) is 10.2. The number of aromatic nitrogens is 1. The number of hydrogen-bond donors (Lipinski definition) is 1. The first kappa shape index (κ1) is 38.0. The number of hydrogen-bond acceptors (Lipinski definition) is 4. The zero-order chi connectivity index (χ0) is 36.5. The zero-order valence-corrected chi connectivity index (χ0v) is 32.7. The van der Waals surface area contributed by atoms with Crippen LogP contribution in [-0.4, -0.2) is 31.1 Å². The van der Waals surface area contributed by atoms with Crippen LogP contribution in [0.2, 0.25) is 0 Å². The molecule has 0 bridgehead atoms. The van der Waals surface area contributed by atoms with Crippen LogP contribution >= 0.6 is 21.6 Å². The number of aryl methyl sites for hydroxylation is 1. The lowest BCUT2D eigenvalue weighted by molar-refractivity contribution is -0.785. The summed E-state index contributed by atoms with van der Waals surface area (Å²) in [6, 6.07) is 44.0. The predicted octanol–water partition coefficient (Wildman–Crippen LogP) is 9.59. The SMILES string of the molecule is CC[n+]1ccc(/C=C/c2ccc(N(CCSSCCN(Cc3ccccc3)c3ccc(/C=C/C4=C[NH+](CC)C=C4)cc3)Cc3ccccc3)cc2)cc1. The van der Waals surface area contributed by atoms with Crippen molar-refractivity contribution < 1.29 is 9.47 Å². The van der Waals surface area contributed by atoms with E-state index >= 15 is 0 Å². The number of pyridine rings is 1. The summed E-state index contributed by atoms with van der Waals surface area (Å²) >= 11 is 0. The number of quaternary nitrogens is 1. The second-order valence-electron chi connectivity index (χ2n) is 13.2. The second kappa shape index (κ2) is 20.5. The first-order valence-electron chi connectivity index (χ1n) is 18.8. The molecule has 0 fully saturated rings. The van der Waals surface area contributed by atoms with Gasteiger partial charge in [-0.05, 0) is 72.0 Å². The molecule has 4 aromatic carbocycles. The van der Waals surface area contributed by atoms with Crippen molar-refractivity contribution in [2.24, 2.45) is 0 Å². The molecule has 0 saturated carbocycles. The largest absolute Gasteiger partial charge is 0.366 e. The maximum Gasteiger partial charge on any atom is 0.169 e. The van der Waals surface area contributed by atoms with E-state index in [1.165, 1.54) is 49.7 Å². The summed E-state index contributed by atoms with van der Waals surface area (Å²) in [7, 11) is 3.96. The van der Waals surface area contributed by atoms with Crippen molar-refractivity contribution in [1.82, 2.24) is 0 Å². The van der Waals surface area contributed by atoms with Crippen molar-refractivity contribution in [2.45, 2.75) is 33.5 Å². The van der Waals surface area contributed by atoms with Gasteiger partial charge in [0.2, 0.25) is 0 Å². The summed E-state index contributed by atoms with van der Waals surface area (Å²) in [5, 5.41) is 0. The lowest BCUT2D eigenvalue weighted by atomic mass is 10.1. The van der Waals surface area contributed by atoms with E-state index in [0.717, 1.165) is 50.8 Å². The van der Waals surface area contributed by atoms with E-state index in [4.69, 9.17) is 0 Å². The van der Waals surface area contributed by atoms with Gasteiger partial charge in [0.15, 0.2) is 12.4 Å². The molecule has 0 saturated heterocycles. The van der Waals surface area contributed by atoms with Crippen LogP contribution in [0.3, 0.4) is 0 Å². The Balaban J connectivity index is 1.03. The van der Waals surface area contributed by atoms with E-state index in [9.17, 15) is 0 Å². The average molecular weight is 737 g/mol. The van der Waals surface area contributed by atoms with Crippen LogP contribution in [0.25, 0.3) is 18.2 Å². The number of nitrogens with one attached hydrogen (secondary N) is 1. The van der Waals surface area contributed by atoms with Gasteiger partial charge in [0.25, 0.3) is 0 Å². The fourth-order valence-electron chi connectivity index (χ4n) is 6.22. The summed E-state index contributed by atoms with van der Waals surface area (Å²) in [4.78, 5) is 6.41. The van der Waals surface area contributed by atoms with Gasteiger partial charge in [0.1, 0.15) is 12.7 Å². The third kappa shape index (κ3) is 12.1. The van der Waals surface area contributed by atoms with Crippen LogP contribution in [-0.2, 0) is 19.6 Å². The number of rotatable bonds is 19. The third-order valence-electron chi connectivity index (χ3n) is 9.39. The van der Waals surface area contributed by atoms with Gasteiger partial charge in [-0.3, -0.25) is 4.90 Å². The molecule has 1 aliphatic heterocycles. The van der Waals surface area contributed by atoms with Crippen molar-refractivity contribution in [3.63, 3.8) is 0 Å². The van der Waals surface area contributed by atoms with Gasteiger partial charge >= 0.3 is 0 Å². The number of nitrogens with zero attached hydrogens (tertiary/aromatic N) is 3. The van der Waals surface area contributed by atoms with E-state index in [0.29, 0.717) is 0 Å². The molecule has 1 aromatic heterocycles. The third-order valence-corrected chi connectivity index (χ3v) is 11.8.